The summed E-state index contributed by atoms with van der Waals surface area (Å²) in [6.07, 6.45) is 0. The topological polar surface area (TPSA) is 104 Å². The van der Waals surface area contributed by atoms with Gasteiger partial charge in [0.15, 0.2) is 0 Å². The zero-order valence-corrected chi connectivity index (χ0v) is 19.3. The van der Waals surface area contributed by atoms with Gasteiger partial charge in [-0.05, 0) is 43.3 Å². The second-order valence-corrected chi connectivity index (χ2v) is 10.0. The molecule has 1 aliphatic heterocycles. The van der Waals surface area contributed by atoms with Gasteiger partial charge in [-0.3, -0.25) is 14.4 Å². The van der Waals surface area contributed by atoms with Crippen LogP contribution >= 0.6 is 11.6 Å². The van der Waals surface area contributed by atoms with Crippen molar-refractivity contribution in [2.75, 3.05) is 26.2 Å². The van der Waals surface area contributed by atoms with Crippen LogP contribution in [-0.2, 0) is 19.4 Å². The molecule has 10 heteroatoms. The van der Waals surface area contributed by atoms with E-state index in [4.69, 9.17) is 11.6 Å². The molecular formula is C22H24ClN3O5S. The molecule has 0 saturated carbocycles. The van der Waals surface area contributed by atoms with Gasteiger partial charge < -0.3 is 15.1 Å². The van der Waals surface area contributed by atoms with Crippen LogP contribution in [0.1, 0.15) is 22.8 Å². The van der Waals surface area contributed by atoms with Crippen LogP contribution in [0.2, 0.25) is 5.02 Å². The van der Waals surface area contributed by atoms with Crippen molar-refractivity contribution in [3.05, 3.63) is 64.7 Å². The fourth-order valence-corrected chi connectivity index (χ4v) is 4.94. The molecule has 0 bridgehead atoms. The van der Waals surface area contributed by atoms with Crippen molar-refractivity contribution in [1.82, 2.24) is 15.1 Å². The lowest BCUT2D eigenvalue weighted by atomic mass is 10.2. The minimum absolute atomic E-state index is 0.0692. The highest BCUT2D eigenvalue weighted by Crippen LogP contribution is 2.19. The SMILES string of the molecule is CC(=O)N1CCN(C(=O)C(NC(=O)c2ccc(Cl)cc2)S(=O)(=O)c2ccc(C)cc2)CC1. The number of aryl methyl sites for hydroxylation is 1. The molecular weight excluding hydrogens is 454 g/mol. The van der Waals surface area contributed by atoms with E-state index in [1.54, 1.807) is 17.0 Å². The number of rotatable bonds is 5. The predicted octanol–water partition coefficient (Wildman–Crippen LogP) is 1.87. The Morgan fingerprint density at radius 2 is 1.44 bits per heavy atom. The first-order valence-corrected chi connectivity index (χ1v) is 11.9. The van der Waals surface area contributed by atoms with Crippen LogP contribution in [0.3, 0.4) is 0 Å². The number of sulfone groups is 1. The largest absolute Gasteiger partial charge is 0.339 e. The first-order valence-electron chi connectivity index (χ1n) is 10.0. The van der Waals surface area contributed by atoms with Crippen molar-refractivity contribution in [2.45, 2.75) is 24.1 Å². The Balaban J connectivity index is 1.90. The molecule has 1 atom stereocenters. The summed E-state index contributed by atoms with van der Waals surface area (Å²) in [7, 11) is -4.24. The molecule has 2 aromatic rings. The Hall–Kier alpha value is -2.91. The van der Waals surface area contributed by atoms with E-state index in [1.165, 1.54) is 48.2 Å². The highest BCUT2D eigenvalue weighted by atomic mass is 35.5. The Morgan fingerprint density at radius 1 is 0.906 bits per heavy atom. The molecule has 32 heavy (non-hydrogen) atoms. The van der Waals surface area contributed by atoms with Crippen LogP contribution in [0.5, 0.6) is 0 Å². The lowest BCUT2D eigenvalue weighted by Crippen LogP contribution is -2.57. The Kier molecular flexibility index (Phi) is 7.20. The second kappa shape index (κ2) is 9.70. The lowest BCUT2D eigenvalue weighted by molar-refractivity contribution is -0.138. The van der Waals surface area contributed by atoms with Crippen molar-refractivity contribution < 1.29 is 22.8 Å². The molecule has 1 N–H and O–H groups in total. The van der Waals surface area contributed by atoms with E-state index in [1.807, 2.05) is 6.92 Å². The number of halogens is 1. The Morgan fingerprint density at radius 3 is 1.97 bits per heavy atom. The number of carbonyl (C=O) groups is 3. The van der Waals surface area contributed by atoms with Crippen LogP contribution in [0.15, 0.2) is 53.4 Å². The standard InChI is InChI=1S/C22H24ClN3O5S/c1-15-3-9-19(10-4-15)32(30,31)21(24-20(28)17-5-7-18(23)8-6-17)22(29)26-13-11-25(12-14-26)16(2)27/h3-10,21H,11-14H2,1-2H3,(H,24,28). The Labute approximate surface area is 192 Å². The van der Waals surface area contributed by atoms with Gasteiger partial charge >= 0.3 is 0 Å². The van der Waals surface area contributed by atoms with Gasteiger partial charge in [-0.1, -0.05) is 29.3 Å². The normalized spacial score (nSPS) is 15.2. The third-order valence-electron chi connectivity index (χ3n) is 5.29. The summed E-state index contributed by atoms with van der Waals surface area (Å²) in [5.41, 5.74) is 1.03. The lowest BCUT2D eigenvalue weighted by Gasteiger charge is -2.36. The van der Waals surface area contributed by atoms with Crippen LogP contribution < -0.4 is 5.32 Å². The number of carbonyl (C=O) groups excluding carboxylic acids is 3. The van der Waals surface area contributed by atoms with Crippen molar-refractivity contribution in [2.24, 2.45) is 0 Å². The molecule has 0 aliphatic carbocycles. The van der Waals surface area contributed by atoms with E-state index >= 15 is 0 Å². The van der Waals surface area contributed by atoms with Gasteiger partial charge in [0.05, 0.1) is 4.90 Å². The number of hydrogen-bond donors (Lipinski definition) is 1. The molecule has 0 aromatic heterocycles. The van der Waals surface area contributed by atoms with E-state index in [0.717, 1.165) is 5.56 Å². The monoisotopic (exact) mass is 477 g/mol. The third-order valence-corrected chi connectivity index (χ3v) is 7.41. The number of hydrogen-bond acceptors (Lipinski definition) is 5. The van der Waals surface area contributed by atoms with Crippen molar-refractivity contribution >= 4 is 39.2 Å². The van der Waals surface area contributed by atoms with Crippen LogP contribution in [-0.4, -0.2) is 67.5 Å². The zero-order valence-electron chi connectivity index (χ0n) is 17.7. The molecule has 170 valence electrons. The minimum Gasteiger partial charge on any atom is -0.339 e. The van der Waals surface area contributed by atoms with E-state index in [9.17, 15) is 22.8 Å². The molecule has 1 heterocycles. The maximum Gasteiger partial charge on any atom is 0.261 e. The summed E-state index contributed by atoms with van der Waals surface area (Å²) in [5.74, 6) is -1.56. The average molecular weight is 478 g/mol. The first-order chi connectivity index (χ1) is 15.1. The summed E-state index contributed by atoms with van der Waals surface area (Å²) in [6.45, 7) is 4.20. The van der Waals surface area contributed by atoms with Crippen LogP contribution in [0.4, 0.5) is 0 Å². The summed E-state index contributed by atoms with van der Waals surface area (Å²) in [5, 5.41) is 1.01. The third kappa shape index (κ3) is 5.28. The number of nitrogens with one attached hydrogen (secondary N) is 1. The van der Waals surface area contributed by atoms with E-state index in [0.29, 0.717) is 18.1 Å². The highest BCUT2D eigenvalue weighted by molar-refractivity contribution is 7.92. The van der Waals surface area contributed by atoms with Crippen molar-refractivity contribution in [3.8, 4) is 0 Å². The number of amides is 3. The molecule has 1 unspecified atom stereocenters. The molecule has 0 radical (unpaired) electrons. The molecule has 3 rings (SSSR count). The van der Waals surface area contributed by atoms with Gasteiger partial charge in [0.2, 0.25) is 21.1 Å². The van der Waals surface area contributed by atoms with Gasteiger partial charge in [0.25, 0.3) is 11.8 Å². The Bertz CT molecular complexity index is 1110. The van der Waals surface area contributed by atoms with E-state index < -0.39 is 27.0 Å². The summed E-state index contributed by atoms with van der Waals surface area (Å²) in [4.78, 5) is 40.5. The van der Waals surface area contributed by atoms with Gasteiger partial charge in [-0.15, -0.1) is 0 Å². The fraction of sp³-hybridized carbons (Fsp3) is 0.318. The number of nitrogens with zero attached hydrogens (tertiary/aromatic N) is 2. The smallest absolute Gasteiger partial charge is 0.261 e. The van der Waals surface area contributed by atoms with Crippen LogP contribution in [0.25, 0.3) is 0 Å². The molecule has 2 aromatic carbocycles. The van der Waals surface area contributed by atoms with Gasteiger partial charge in [0, 0.05) is 43.7 Å². The van der Waals surface area contributed by atoms with E-state index in [-0.39, 0.29) is 29.5 Å². The molecule has 1 saturated heterocycles. The molecule has 3 amide bonds. The predicted molar refractivity (Wildman–Crippen MR) is 120 cm³/mol. The molecule has 0 spiro atoms. The van der Waals surface area contributed by atoms with Crippen molar-refractivity contribution in [1.29, 1.82) is 0 Å². The van der Waals surface area contributed by atoms with E-state index in [2.05, 4.69) is 5.32 Å². The maximum atomic E-state index is 13.4. The highest BCUT2D eigenvalue weighted by Gasteiger charge is 2.39. The summed E-state index contributed by atoms with van der Waals surface area (Å²) < 4.78 is 26.7. The molecule has 1 fully saturated rings. The maximum absolute atomic E-state index is 13.4. The summed E-state index contributed by atoms with van der Waals surface area (Å²) >= 11 is 5.86. The quantitative estimate of drug-likeness (QED) is 0.708. The number of piperazine rings is 1. The molecule has 8 nitrogen and oxygen atoms in total. The van der Waals surface area contributed by atoms with Gasteiger partial charge in [-0.25, -0.2) is 8.42 Å². The van der Waals surface area contributed by atoms with Gasteiger partial charge in [0.1, 0.15) is 0 Å². The van der Waals surface area contributed by atoms with Gasteiger partial charge in [-0.2, -0.15) is 0 Å². The first kappa shape index (κ1) is 23.7. The molecule has 1 aliphatic rings. The number of benzene rings is 2. The van der Waals surface area contributed by atoms with Crippen molar-refractivity contribution in [3.63, 3.8) is 0 Å². The summed E-state index contributed by atoms with van der Waals surface area (Å²) in [6, 6.07) is 12.0. The second-order valence-electron chi connectivity index (χ2n) is 7.55. The zero-order chi connectivity index (χ0) is 23.5. The average Bonchev–Trinajstić information content (AvgIpc) is 2.77. The minimum atomic E-state index is -4.24. The fourth-order valence-electron chi connectivity index (χ4n) is 3.35. The van der Waals surface area contributed by atoms with Crippen LogP contribution in [0, 0.1) is 6.92 Å².